The number of rotatable bonds is 4. The van der Waals surface area contributed by atoms with Crippen molar-refractivity contribution in [2.75, 3.05) is 6.54 Å². The van der Waals surface area contributed by atoms with E-state index < -0.39 is 0 Å². The number of aryl methyl sites for hydroxylation is 2. The van der Waals surface area contributed by atoms with Gasteiger partial charge in [0.15, 0.2) is 5.82 Å². The van der Waals surface area contributed by atoms with E-state index in [0.717, 1.165) is 36.5 Å². The zero-order valence-corrected chi connectivity index (χ0v) is 16.8. The molecule has 1 amide bonds. The molecule has 2 aromatic rings. The second-order valence-electron chi connectivity index (χ2n) is 6.60. The maximum atomic E-state index is 12.5. The summed E-state index contributed by atoms with van der Waals surface area (Å²) in [6, 6.07) is 5.80. The Morgan fingerprint density at radius 2 is 2.00 bits per heavy atom. The van der Waals surface area contributed by atoms with Gasteiger partial charge in [-0.15, -0.1) is 24.8 Å². The number of halogens is 2. The number of nitrogens with one attached hydrogen (secondary N) is 1. The molecular weight excluding hydrogens is 373 g/mol. The molecule has 8 heteroatoms. The van der Waals surface area contributed by atoms with Crippen LogP contribution in [-0.2, 0) is 0 Å². The van der Waals surface area contributed by atoms with Gasteiger partial charge in [0, 0.05) is 17.9 Å². The van der Waals surface area contributed by atoms with Crippen LogP contribution in [0, 0.1) is 19.8 Å². The number of aromatic nitrogens is 3. The first-order chi connectivity index (χ1) is 11.6. The standard InChI is InChI=1S/C18H25N5O.2ClH/c1-12-9-13(2)23(22-12)17-8-7-15(11-20-17)18(24)21-16-6-4-3-5-14(16)10-19;;/h7-9,11,14,16H,3-6,10,19H2,1-2H3,(H,21,24);2*1H. The molecule has 2 unspecified atom stereocenters. The van der Waals surface area contributed by atoms with Crippen LogP contribution in [0.25, 0.3) is 5.82 Å². The van der Waals surface area contributed by atoms with Crippen LogP contribution in [-0.4, -0.2) is 33.3 Å². The molecule has 3 N–H and O–H groups in total. The summed E-state index contributed by atoms with van der Waals surface area (Å²) >= 11 is 0. The number of pyridine rings is 1. The molecule has 2 heterocycles. The molecule has 26 heavy (non-hydrogen) atoms. The summed E-state index contributed by atoms with van der Waals surface area (Å²) in [7, 11) is 0. The molecule has 2 atom stereocenters. The number of carbonyl (C=O) groups is 1. The molecule has 1 aliphatic carbocycles. The van der Waals surface area contributed by atoms with Crippen molar-refractivity contribution in [3.05, 3.63) is 41.3 Å². The van der Waals surface area contributed by atoms with Gasteiger partial charge in [0.25, 0.3) is 5.91 Å². The van der Waals surface area contributed by atoms with Crippen molar-refractivity contribution in [2.24, 2.45) is 11.7 Å². The maximum absolute atomic E-state index is 12.5. The average molecular weight is 400 g/mol. The monoisotopic (exact) mass is 399 g/mol. The summed E-state index contributed by atoms with van der Waals surface area (Å²) in [5.74, 6) is 1.02. The molecule has 2 aromatic heterocycles. The number of nitrogens with zero attached hydrogens (tertiary/aromatic N) is 3. The summed E-state index contributed by atoms with van der Waals surface area (Å²) in [6.07, 6.45) is 6.06. The van der Waals surface area contributed by atoms with Crippen molar-refractivity contribution >= 4 is 30.7 Å². The van der Waals surface area contributed by atoms with Gasteiger partial charge in [-0.05, 0) is 57.4 Å². The fraction of sp³-hybridized carbons (Fsp3) is 0.500. The predicted molar refractivity (Wildman–Crippen MR) is 108 cm³/mol. The number of hydrogen-bond donors (Lipinski definition) is 2. The third kappa shape index (κ3) is 4.96. The number of hydrogen-bond acceptors (Lipinski definition) is 4. The summed E-state index contributed by atoms with van der Waals surface area (Å²) in [5, 5.41) is 7.54. The second kappa shape index (κ2) is 9.90. The third-order valence-corrected chi connectivity index (χ3v) is 4.76. The molecule has 0 aromatic carbocycles. The van der Waals surface area contributed by atoms with Crippen LogP contribution < -0.4 is 11.1 Å². The van der Waals surface area contributed by atoms with E-state index in [-0.39, 0.29) is 36.8 Å². The summed E-state index contributed by atoms with van der Waals surface area (Å²) < 4.78 is 1.78. The number of carbonyl (C=O) groups excluding carboxylic acids is 1. The molecule has 1 fully saturated rings. The van der Waals surface area contributed by atoms with Gasteiger partial charge in [-0.2, -0.15) is 5.10 Å². The van der Waals surface area contributed by atoms with E-state index in [0.29, 0.717) is 18.0 Å². The lowest BCUT2D eigenvalue weighted by atomic mass is 9.84. The highest BCUT2D eigenvalue weighted by atomic mass is 35.5. The van der Waals surface area contributed by atoms with Gasteiger partial charge in [0.2, 0.25) is 0 Å². The maximum Gasteiger partial charge on any atom is 0.253 e. The zero-order chi connectivity index (χ0) is 17.1. The largest absolute Gasteiger partial charge is 0.349 e. The van der Waals surface area contributed by atoms with Gasteiger partial charge < -0.3 is 11.1 Å². The van der Waals surface area contributed by atoms with Gasteiger partial charge in [0.1, 0.15) is 0 Å². The minimum atomic E-state index is -0.0761. The van der Waals surface area contributed by atoms with Gasteiger partial charge in [-0.3, -0.25) is 4.79 Å². The third-order valence-electron chi connectivity index (χ3n) is 4.76. The first kappa shape index (κ1) is 22.4. The lowest BCUT2D eigenvalue weighted by Crippen LogP contribution is -2.44. The van der Waals surface area contributed by atoms with E-state index in [1.165, 1.54) is 6.42 Å². The van der Waals surface area contributed by atoms with Gasteiger partial charge in [0.05, 0.1) is 11.3 Å². The van der Waals surface area contributed by atoms with Crippen molar-refractivity contribution in [1.29, 1.82) is 0 Å². The van der Waals surface area contributed by atoms with E-state index >= 15 is 0 Å². The van der Waals surface area contributed by atoms with E-state index in [2.05, 4.69) is 15.4 Å². The van der Waals surface area contributed by atoms with Crippen LogP contribution in [0.1, 0.15) is 47.4 Å². The van der Waals surface area contributed by atoms with Crippen molar-refractivity contribution in [3.63, 3.8) is 0 Å². The van der Waals surface area contributed by atoms with Crippen LogP contribution >= 0.6 is 24.8 Å². The molecule has 144 valence electrons. The van der Waals surface area contributed by atoms with Crippen LogP contribution in [0.15, 0.2) is 24.4 Å². The highest BCUT2D eigenvalue weighted by Gasteiger charge is 2.25. The van der Waals surface area contributed by atoms with Crippen LogP contribution in [0.2, 0.25) is 0 Å². The van der Waals surface area contributed by atoms with Crippen molar-refractivity contribution in [2.45, 2.75) is 45.6 Å². The number of amides is 1. The van der Waals surface area contributed by atoms with Crippen molar-refractivity contribution < 1.29 is 4.79 Å². The highest BCUT2D eigenvalue weighted by Crippen LogP contribution is 2.23. The van der Waals surface area contributed by atoms with E-state index in [4.69, 9.17) is 5.73 Å². The molecule has 3 rings (SSSR count). The first-order valence-corrected chi connectivity index (χ1v) is 8.59. The lowest BCUT2D eigenvalue weighted by molar-refractivity contribution is 0.0907. The number of nitrogens with two attached hydrogens (primary N) is 1. The Balaban J connectivity index is 0.00000169. The molecule has 0 bridgehead atoms. The SMILES string of the molecule is Cc1cc(C)n(-c2ccc(C(=O)NC3CCCCC3CN)cn2)n1.Cl.Cl. The van der Waals surface area contributed by atoms with E-state index in [1.807, 2.05) is 26.0 Å². The predicted octanol–water partition coefficient (Wildman–Crippen LogP) is 2.98. The van der Waals surface area contributed by atoms with E-state index in [9.17, 15) is 4.79 Å². The normalized spacial score (nSPS) is 19.2. The van der Waals surface area contributed by atoms with Crippen molar-refractivity contribution in [3.8, 4) is 5.82 Å². The Morgan fingerprint density at radius 3 is 2.58 bits per heavy atom. The van der Waals surface area contributed by atoms with Gasteiger partial charge >= 0.3 is 0 Å². The fourth-order valence-corrected chi connectivity index (χ4v) is 3.44. The Labute approximate surface area is 166 Å². The molecule has 0 radical (unpaired) electrons. The zero-order valence-electron chi connectivity index (χ0n) is 15.1. The Bertz CT molecular complexity index is 717. The highest BCUT2D eigenvalue weighted by molar-refractivity contribution is 5.94. The topological polar surface area (TPSA) is 85.8 Å². The average Bonchev–Trinajstić information content (AvgIpc) is 2.94. The molecule has 0 aliphatic heterocycles. The summed E-state index contributed by atoms with van der Waals surface area (Å²) in [4.78, 5) is 16.9. The quantitative estimate of drug-likeness (QED) is 0.826. The molecule has 0 saturated heterocycles. The fourth-order valence-electron chi connectivity index (χ4n) is 3.44. The van der Waals surface area contributed by atoms with Crippen LogP contribution in [0.4, 0.5) is 0 Å². The molecule has 6 nitrogen and oxygen atoms in total. The Hall–Kier alpha value is -1.63. The van der Waals surface area contributed by atoms with Crippen LogP contribution in [0.3, 0.4) is 0 Å². The second-order valence-corrected chi connectivity index (χ2v) is 6.60. The van der Waals surface area contributed by atoms with Crippen LogP contribution in [0.5, 0.6) is 0 Å². The van der Waals surface area contributed by atoms with Gasteiger partial charge in [-0.1, -0.05) is 12.8 Å². The minimum absolute atomic E-state index is 0. The summed E-state index contributed by atoms with van der Waals surface area (Å²) in [5.41, 5.74) is 8.37. The summed E-state index contributed by atoms with van der Waals surface area (Å²) in [6.45, 7) is 4.56. The smallest absolute Gasteiger partial charge is 0.253 e. The molecule has 1 saturated carbocycles. The Morgan fingerprint density at radius 1 is 1.27 bits per heavy atom. The van der Waals surface area contributed by atoms with E-state index in [1.54, 1.807) is 16.9 Å². The first-order valence-electron chi connectivity index (χ1n) is 8.59. The molecule has 0 spiro atoms. The molecular formula is C18H27Cl2N5O. The minimum Gasteiger partial charge on any atom is -0.349 e. The lowest BCUT2D eigenvalue weighted by Gasteiger charge is -2.31. The Kier molecular flexibility index (Phi) is 8.53. The molecule has 1 aliphatic rings. The van der Waals surface area contributed by atoms with Gasteiger partial charge in [-0.25, -0.2) is 9.67 Å². The van der Waals surface area contributed by atoms with Crippen molar-refractivity contribution in [1.82, 2.24) is 20.1 Å².